The van der Waals surface area contributed by atoms with Crippen LogP contribution in [-0.4, -0.2) is 35.9 Å². The first-order valence-electron chi connectivity index (χ1n) is 7.29. The zero-order chi connectivity index (χ0) is 15.2. The summed E-state index contributed by atoms with van der Waals surface area (Å²) in [5.41, 5.74) is 1.01. The Labute approximate surface area is 125 Å². The van der Waals surface area contributed by atoms with E-state index in [0.717, 1.165) is 30.5 Å². The number of guanidine groups is 1. The molecule has 0 aromatic heterocycles. The lowest BCUT2D eigenvalue weighted by Crippen LogP contribution is -2.45. The van der Waals surface area contributed by atoms with Crippen molar-refractivity contribution < 1.29 is 4.92 Å². The molecular formula is C15H22N4O2. The van der Waals surface area contributed by atoms with Gasteiger partial charge in [0.15, 0.2) is 5.96 Å². The highest BCUT2D eigenvalue weighted by molar-refractivity contribution is 5.79. The van der Waals surface area contributed by atoms with Gasteiger partial charge in [-0.25, -0.2) is 0 Å². The van der Waals surface area contributed by atoms with Crippen molar-refractivity contribution in [3.8, 4) is 0 Å². The van der Waals surface area contributed by atoms with Gasteiger partial charge in [-0.05, 0) is 24.3 Å². The summed E-state index contributed by atoms with van der Waals surface area (Å²) in [5.74, 6) is 1.64. The molecule has 21 heavy (non-hydrogen) atoms. The van der Waals surface area contributed by atoms with E-state index in [-0.39, 0.29) is 10.6 Å². The van der Waals surface area contributed by atoms with Gasteiger partial charge in [-0.15, -0.1) is 0 Å². The lowest BCUT2D eigenvalue weighted by Gasteiger charge is -2.32. The second-order valence-electron chi connectivity index (χ2n) is 5.50. The molecule has 6 nitrogen and oxygen atoms in total. The predicted octanol–water partition coefficient (Wildman–Crippen LogP) is 2.40. The largest absolute Gasteiger partial charge is 0.352 e. The molecule has 6 heteroatoms. The Hall–Kier alpha value is -2.11. The first-order valence-corrected chi connectivity index (χ1v) is 7.29. The van der Waals surface area contributed by atoms with Crippen LogP contribution in [0.1, 0.15) is 25.3 Å². The van der Waals surface area contributed by atoms with E-state index in [1.165, 1.54) is 18.9 Å². The number of nitrogens with one attached hydrogen (secondary N) is 1. The Morgan fingerprint density at radius 2 is 2.19 bits per heavy atom. The summed E-state index contributed by atoms with van der Waals surface area (Å²) in [6, 6.07) is 6.69. The quantitative estimate of drug-likeness (QED) is 0.401. The van der Waals surface area contributed by atoms with Crippen molar-refractivity contribution in [2.24, 2.45) is 10.9 Å². The fraction of sp³-hybridized carbons (Fsp3) is 0.533. The van der Waals surface area contributed by atoms with Crippen LogP contribution in [0.15, 0.2) is 29.3 Å². The minimum atomic E-state index is -0.371. The van der Waals surface area contributed by atoms with Crippen LogP contribution >= 0.6 is 0 Å². The zero-order valence-corrected chi connectivity index (χ0v) is 12.6. The summed E-state index contributed by atoms with van der Waals surface area (Å²) < 4.78 is 0. The second-order valence-corrected chi connectivity index (χ2v) is 5.50. The van der Waals surface area contributed by atoms with Crippen LogP contribution in [0.3, 0.4) is 0 Å². The highest BCUT2D eigenvalue weighted by Gasteiger charge is 2.18. The maximum Gasteiger partial charge on any atom is 0.269 e. The van der Waals surface area contributed by atoms with Crippen molar-refractivity contribution in [2.75, 3.05) is 20.1 Å². The average molecular weight is 290 g/mol. The predicted molar refractivity (Wildman–Crippen MR) is 83.3 cm³/mol. The summed E-state index contributed by atoms with van der Waals surface area (Å²) in [4.78, 5) is 17.0. The van der Waals surface area contributed by atoms with Gasteiger partial charge in [0.2, 0.25) is 0 Å². The van der Waals surface area contributed by atoms with Gasteiger partial charge in [0, 0.05) is 38.8 Å². The Bertz CT molecular complexity index is 522. The van der Waals surface area contributed by atoms with Crippen molar-refractivity contribution >= 4 is 11.6 Å². The number of nitro benzene ring substituents is 1. The molecule has 1 fully saturated rings. The summed E-state index contributed by atoms with van der Waals surface area (Å²) >= 11 is 0. The molecule has 2 rings (SSSR count). The minimum Gasteiger partial charge on any atom is -0.352 e. The molecule has 1 aliphatic heterocycles. The van der Waals surface area contributed by atoms with Crippen LogP contribution in [0.25, 0.3) is 0 Å². The number of nitro groups is 1. The second kappa shape index (κ2) is 7.06. The SMILES string of the molecule is CN=C(NCc1cccc([N+](=O)[O-])c1)N1CCC(C)CC1. The van der Waals surface area contributed by atoms with Crippen molar-refractivity contribution in [1.82, 2.24) is 10.2 Å². The monoisotopic (exact) mass is 290 g/mol. The fourth-order valence-corrected chi connectivity index (χ4v) is 2.51. The van der Waals surface area contributed by atoms with Crippen molar-refractivity contribution in [3.05, 3.63) is 39.9 Å². The van der Waals surface area contributed by atoms with Crippen LogP contribution in [0.5, 0.6) is 0 Å². The van der Waals surface area contributed by atoms with E-state index in [1.807, 2.05) is 6.07 Å². The van der Waals surface area contributed by atoms with Gasteiger partial charge in [-0.2, -0.15) is 0 Å². The molecule has 0 aliphatic carbocycles. The van der Waals surface area contributed by atoms with E-state index in [2.05, 4.69) is 22.1 Å². The molecule has 0 atom stereocenters. The average Bonchev–Trinajstić information content (AvgIpc) is 2.50. The molecule has 0 amide bonds. The summed E-state index contributed by atoms with van der Waals surface area (Å²) in [6.07, 6.45) is 2.36. The third kappa shape index (κ3) is 4.18. The first kappa shape index (κ1) is 15.3. The normalized spacial score (nSPS) is 16.9. The lowest BCUT2D eigenvalue weighted by atomic mass is 9.99. The van der Waals surface area contributed by atoms with Gasteiger partial charge in [0.05, 0.1) is 4.92 Å². The van der Waals surface area contributed by atoms with Crippen LogP contribution in [0.4, 0.5) is 5.69 Å². The molecule has 1 aromatic carbocycles. The highest BCUT2D eigenvalue weighted by Crippen LogP contribution is 2.16. The molecule has 1 aromatic rings. The van der Waals surface area contributed by atoms with E-state index in [1.54, 1.807) is 19.2 Å². The van der Waals surface area contributed by atoms with Crippen LogP contribution in [-0.2, 0) is 6.54 Å². The fourth-order valence-electron chi connectivity index (χ4n) is 2.51. The third-order valence-electron chi connectivity index (χ3n) is 3.87. The van der Waals surface area contributed by atoms with Crippen molar-refractivity contribution in [1.29, 1.82) is 0 Å². The summed E-state index contributed by atoms with van der Waals surface area (Å²) in [7, 11) is 1.77. The molecule has 0 bridgehead atoms. The number of hydrogen-bond donors (Lipinski definition) is 1. The van der Waals surface area contributed by atoms with Gasteiger partial charge >= 0.3 is 0 Å². The molecule has 114 valence electrons. The number of hydrogen-bond acceptors (Lipinski definition) is 3. The molecule has 1 saturated heterocycles. The van der Waals surface area contributed by atoms with Gasteiger partial charge < -0.3 is 10.2 Å². The Morgan fingerprint density at radius 3 is 2.81 bits per heavy atom. The van der Waals surface area contributed by atoms with Crippen LogP contribution in [0.2, 0.25) is 0 Å². The van der Waals surface area contributed by atoms with Gasteiger partial charge in [0.25, 0.3) is 5.69 Å². The molecule has 1 heterocycles. The molecule has 0 spiro atoms. The minimum absolute atomic E-state index is 0.121. The van der Waals surface area contributed by atoms with Crippen molar-refractivity contribution in [2.45, 2.75) is 26.3 Å². The number of non-ortho nitro benzene ring substituents is 1. The smallest absolute Gasteiger partial charge is 0.269 e. The third-order valence-corrected chi connectivity index (χ3v) is 3.87. The topological polar surface area (TPSA) is 70.8 Å². The number of piperidine rings is 1. The number of benzene rings is 1. The number of nitrogens with zero attached hydrogens (tertiary/aromatic N) is 3. The molecule has 0 unspecified atom stereocenters. The number of aliphatic imine (C=N–C) groups is 1. The van der Waals surface area contributed by atoms with Gasteiger partial charge in [-0.3, -0.25) is 15.1 Å². The van der Waals surface area contributed by atoms with Gasteiger partial charge in [0.1, 0.15) is 0 Å². The Morgan fingerprint density at radius 1 is 1.48 bits per heavy atom. The standard InChI is InChI=1S/C15H22N4O2/c1-12-6-8-18(9-7-12)15(16-2)17-11-13-4-3-5-14(10-13)19(20)21/h3-5,10,12H,6-9,11H2,1-2H3,(H,16,17). The first-order chi connectivity index (χ1) is 10.1. The molecule has 0 radical (unpaired) electrons. The van der Waals surface area contributed by atoms with E-state index >= 15 is 0 Å². The zero-order valence-electron chi connectivity index (χ0n) is 12.6. The molecular weight excluding hydrogens is 268 g/mol. The number of rotatable bonds is 3. The summed E-state index contributed by atoms with van der Waals surface area (Å²) in [5, 5.41) is 14.1. The van der Waals surface area contributed by atoms with E-state index in [4.69, 9.17) is 0 Å². The van der Waals surface area contributed by atoms with E-state index in [9.17, 15) is 10.1 Å². The lowest BCUT2D eigenvalue weighted by molar-refractivity contribution is -0.384. The van der Waals surface area contributed by atoms with Crippen LogP contribution in [0, 0.1) is 16.0 Å². The Kier molecular flexibility index (Phi) is 5.14. The van der Waals surface area contributed by atoms with E-state index < -0.39 is 0 Å². The highest BCUT2D eigenvalue weighted by atomic mass is 16.6. The molecule has 0 saturated carbocycles. The van der Waals surface area contributed by atoms with Crippen LogP contribution < -0.4 is 5.32 Å². The molecule has 1 aliphatic rings. The van der Waals surface area contributed by atoms with Crippen molar-refractivity contribution in [3.63, 3.8) is 0 Å². The maximum atomic E-state index is 10.8. The number of likely N-dealkylation sites (tertiary alicyclic amines) is 1. The summed E-state index contributed by atoms with van der Waals surface area (Å²) in [6.45, 7) is 4.84. The maximum absolute atomic E-state index is 10.8. The molecule has 1 N–H and O–H groups in total. The Balaban J connectivity index is 1.94. The van der Waals surface area contributed by atoms with E-state index in [0.29, 0.717) is 6.54 Å². The van der Waals surface area contributed by atoms with Gasteiger partial charge in [-0.1, -0.05) is 19.1 Å².